The average Bonchev–Trinajstić information content (AvgIpc) is 2.76. The number of imidazole rings is 1. The topological polar surface area (TPSA) is 30.7 Å². The van der Waals surface area contributed by atoms with Gasteiger partial charge in [-0.1, -0.05) is 43.7 Å². The second kappa shape index (κ2) is 5.68. The first kappa shape index (κ1) is 13.8. The van der Waals surface area contributed by atoms with Gasteiger partial charge >= 0.3 is 0 Å². The summed E-state index contributed by atoms with van der Waals surface area (Å²) in [6, 6.07) is 12.6. The Morgan fingerprint density at radius 2 is 2.00 bits per heavy atom. The zero-order chi connectivity index (χ0) is 14.8. The minimum atomic E-state index is 0.570. The van der Waals surface area contributed by atoms with Gasteiger partial charge in [0.2, 0.25) is 0 Å². The Hall–Kier alpha value is -2.16. The van der Waals surface area contributed by atoms with Gasteiger partial charge < -0.3 is 4.57 Å². The van der Waals surface area contributed by atoms with Crippen LogP contribution in [0.4, 0.5) is 0 Å². The smallest absolute Gasteiger partial charge is 0.160 e. The Labute approximate surface area is 125 Å². The number of aryl methyl sites for hydroxylation is 1. The molecule has 2 aromatic heterocycles. The first-order valence-corrected chi connectivity index (χ1v) is 7.49. The van der Waals surface area contributed by atoms with E-state index in [1.54, 1.807) is 0 Å². The summed E-state index contributed by atoms with van der Waals surface area (Å²) in [4.78, 5) is 9.31. The van der Waals surface area contributed by atoms with Gasteiger partial charge in [-0.2, -0.15) is 0 Å². The molecule has 0 fully saturated rings. The van der Waals surface area contributed by atoms with E-state index in [4.69, 9.17) is 4.98 Å². The number of hydrogen-bond donors (Lipinski definition) is 0. The molecular weight excluding hydrogens is 258 g/mol. The molecule has 21 heavy (non-hydrogen) atoms. The lowest BCUT2D eigenvalue weighted by molar-refractivity contribution is 0.518. The van der Waals surface area contributed by atoms with Crippen molar-refractivity contribution in [2.24, 2.45) is 5.92 Å². The minimum absolute atomic E-state index is 0.570. The minimum Gasteiger partial charge on any atom is -0.312 e. The van der Waals surface area contributed by atoms with Crippen LogP contribution in [0.15, 0.2) is 42.6 Å². The van der Waals surface area contributed by atoms with Gasteiger partial charge in [-0.25, -0.2) is 9.97 Å². The molecule has 3 aromatic rings. The molecule has 0 aliphatic carbocycles. The molecule has 0 saturated heterocycles. The van der Waals surface area contributed by atoms with Crippen LogP contribution in [0.2, 0.25) is 0 Å². The van der Waals surface area contributed by atoms with E-state index in [-0.39, 0.29) is 0 Å². The molecule has 0 aliphatic heterocycles. The van der Waals surface area contributed by atoms with Crippen molar-refractivity contribution in [2.45, 2.75) is 33.7 Å². The first-order chi connectivity index (χ1) is 10.1. The Bertz CT molecular complexity index is 756. The molecule has 0 atom stereocenters. The van der Waals surface area contributed by atoms with Crippen LogP contribution in [0.1, 0.15) is 30.8 Å². The molecule has 1 aromatic carbocycles. The molecule has 3 rings (SSSR count). The lowest BCUT2D eigenvalue weighted by Crippen LogP contribution is -2.09. The number of hydrogen-bond acceptors (Lipinski definition) is 2. The zero-order valence-electron chi connectivity index (χ0n) is 12.9. The molecule has 108 valence electrons. The van der Waals surface area contributed by atoms with Crippen molar-refractivity contribution in [2.75, 3.05) is 0 Å². The van der Waals surface area contributed by atoms with Crippen molar-refractivity contribution < 1.29 is 0 Å². The van der Waals surface area contributed by atoms with E-state index in [9.17, 15) is 0 Å². The Morgan fingerprint density at radius 3 is 2.76 bits per heavy atom. The van der Waals surface area contributed by atoms with E-state index in [1.165, 1.54) is 11.1 Å². The largest absolute Gasteiger partial charge is 0.312 e. The molecule has 0 saturated carbocycles. The van der Waals surface area contributed by atoms with Crippen LogP contribution < -0.4 is 0 Å². The predicted octanol–water partition coefficient (Wildman–Crippen LogP) is 3.99. The molecule has 0 bridgehead atoms. The van der Waals surface area contributed by atoms with E-state index in [2.05, 4.69) is 54.6 Å². The number of rotatable bonds is 4. The second-order valence-electron chi connectivity index (χ2n) is 6.04. The van der Waals surface area contributed by atoms with Crippen molar-refractivity contribution in [1.82, 2.24) is 14.5 Å². The van der Waals surface area contributed by atoms with Gasteiger partial charge in [0, 0.05) is 19.2 Å². The molecule has 3 heteroatoms. The average molecular weight is 279 g/mol. The van der Waals surface area contributed by atoms with Crippen LogP contribution in [0, 0.1) is 12.8 Å². The van der Waals surface area contributed by atoms with Gasteiger partial charge in [-0.05, 0) is 30.5 Å². The standard InChI is InChI=1S/C18H21N3/c1-13(2)12-21-17(11-15-7-4-6-14(3)10-15)20-16-8-5-9-19-18(16)21/h4-10,13H,11-12H2,1-3H3. The van der Waals surface area contributed by atoms with Crippen molar-refractivity contribution in [3.63, 3.8) is 0 Å². The normalized spacial score (nSPS) is 11.4. The van der Waals surface area contributed by atoms with Gasteiger partial charge in [0.15, 0.2) is 5.65 Å². The molecule has 0 unspecified atom stereocenters. The highest BCUT2D eigenvalue weighted by Crippen LogP contribution is 2.18. The lowest BCUT2D eigenvalue weighted by atomic mass is 10.1. The quantitative estimate of drug-likeness (QED) is 0.723. The molecule has 0 aliphatic rings. The summed E-state index contributed by atoms with van der Waals surface area (Å²) in [6.45, 7) is 7.53. The number of pyridine rings is 1. The fourth-order valence-corrected chi connectivity index (χ4v) is 2.70. The highest BCUT2D eigenvalue weighted by molar-refractivity contribution is 5.71. The molecule has 0 amide bonds. The maximum absolute atomic E-state index is 4.79. The molecular formula is C18H21N3. The third kappa shape index (κ3) is 2.97. The fourth-order valence-electron chi connectivity index (χ4n) is 2.70. The summed E-state index contributed by atoms with van der Waals surface area (Å²) in [5.41, 5.74) is 4.57. The summed E-state index contributed by atoms with van der Waals surface area (Å²) in [7, 11) is 0. The van der Waals surface area contributed by atoms with Crippen LogP contribution in [0.3, 0.4) is 0 Å². The van der Waals surface area contributed by atoms with Crippen LogP contribution in [0.5, 0.6) is 0 Å². The van der Waals surface area contributed by atoms with Crippen molar-refractivity contribution in [3.8, 4) is 0 Å². The lowest BCUT2D eigenvalue weighted by Gasteiger charge is -2.11. The summed E-state index contributed by atoms with van der Waals surface area (Å²) >= 11 is 0. The Kier molecular flexibility index (Phi) is 3.74. The van der Waals surface area contributed by atoms with E-state index in [1.807, 2.05) is 18.3 Å². The molecule has 0 N–H and O–H groups in total. The number of nitrogens with zero attached hydrogens (tertiary/aromatic N) is 3. The van der Waals surface area contributed by atoms with Crippen molar-refractivity contribution in [1.29, 1.82) is 0 Å². The van der Waals surface area contributed by atoms with Gasteiger partial charge in [-0.15, -0.1) is 0 Å². The second-order valence-corrected chi connectivity index (χ2v) is 6.04. The molecule has 0 spiro atoms. The van der Waals surface area contributed by atoms with Crippen LogP contribution >= 0.6 is 0 Å². The molecule has 3 nitrogen and oxygen atoms in total. The third-order valence-corrected chi connectivity index (χ3v) is 3.58. The number of benzene rings is 1. The first-order valence-electron chi connectivity index (χ1n) is 7.49. The van der Waals surface area contributed by atoms with E-state index >= 15 is 0 Å². The highest BCUT2D eigenvalue weighted by Gasteiger charge is 2.13. The predicted molar refractivity (Wildman–Crippen MR) is 86.4 cm³/mol. The summed E-state index contributed by atoms with van der Waals surface area (Å²) in [6.07, 6.45) is 2.70. The summed E-state index contributed by atoms with van der Waals surface area (Å²) < 4.78 is 2.27. The summed E-state index contributed by atoms with van der Waals surface area (Å²) in [5.74, 6) is 1.67. The Morgan fingerprint density at radius 1 is 1.14 bits per heavy atom. The van der Waals surface area contributed by atoms with E-state index < -0.39 is 0 Å². The van der Waals surface area contributed by atoms with Gasteiger partial charge in [-0.3, -0.25) is 0 Å². The molecule has 2 heterocycles. The van der Waals surface area contributed by atoms with E-state index in [0.29, 0.717) is 5.92 Å². The molecule has 0 radical (unpaired) electrons. The van der Waals surface area contributed by atoms with Crippen molar-refractivity contribution in [3.05, 3.63) is 59.5 Å². The Balaban J connectivity index is 2.04. The van der Waals surface area contributed by atoms with Gasteiger partial charge in [0.25, 0.3) is 0 Å². The monoisotopic (exact) mass is 279 g/mol. The SMILES string of the molecule is Cc1cccc(Cc2nc3cccnc3n2CC(C)C)c1. The van der Waals surface area contributed by atoms with Crippen molar-refractivity contribution >= 4 is 11.2 Å². The number of fused-ring (bicyclic) bond motifs is 1. The van der Waals surface area contributed by atoms with Crippen LogP contribution in [0.25, 0.3) is 11.2 Å². The zero-order valence-corrected chi connectivity index (χ0v) is 12.9. The van der Waals surface area contributed by atoms with Gasteiger partial charge in [0.05, 0.1) is 0 Å². The number of aromatic nitrogens is 3. The maximum atomic E-state index is 4.79. The maximum Gasteiger partial charge on any atom is 0.160 e. The fraction of sp³-hybridized carbons (Fsp3) is 0.333. The van der Waals surface area contributed by atoms with Gasteiger partial charge in [0.1, 0.15) is 11.3 Å². The third-order valence-electron chi connectivity index (χ3n) is 3.58. The summed E-state index contributed by atoms with van der Waals surface area (Å²) in [5, 5.41) is 0. The van der Waals surface area contributed by atoms with Crippen LogP contribution in [-0.2, 0) is 13.0 Å². The highest BCUT2D eigenvalue weighted by atomic mass is 15.1. The van der Waals surface area contributed by atoms with Crippen LogP contribution in [-0.4, -0.2) is 14.5 Å². The van der Waals surface area contributed by atoms with E-state index in [0.717, 1.165) is 30.0 Å².